The summed E-state index contributed by atoms with van der Waals surface area (Å²) in [5, 5.41) is 10.5. The molecule has 0 aliphatic rings. The minimum absolute atomic E-state index is 0. The third-order valence-electron chi connectivity index (χ3n) is 2.71. The molecule has 5 nitrogen and oxygen atoms in total. The Bertz CT molecular complexity index is 729. The molecule has 2 aromatic carbocycles. The molecule has 0 saturated heterocycles. The van der Waals surface area contributed by atoms with Crippen LogP contribution in [0.4, 0.5) is 0 Å². The quantitative estimate of drug-likeness (QED) is 0.562. The molecule has 0 aromatic heterocycles. The third kappa shape index (κ3) is 5.46. The molecule has 2 aromatic rings. The van der Waals surface area contributed by atoms with Crippen LogP contribution in [0.25, 0.3) is 0 Å². The fourth-order valence-electron chi connectivity index (χ4n) is 1.75. The van der Waals surface area contributed by atoms with Crippen molar-refractivity contribution in [2.75, 3.05) is 5.75 Å². The van der Waals surface area contributed by atoms with Crippen LogP contribution in [-0.2, 0) is 21.2 Å². The Morgan fingerprint density at radius 3 is 2.36 bits per heavy atom. The van der Waals surface area contributed by atoms with Crippen molar-refractivity contribution in [3.8, 4) is 5.75 Å². The normalized spacial score (nSPS) is 10.5. The number of benzene rings is 2. The van der Waals surface area contributed by atoms with Gasteiger partial charge < -0.3 is 14.6 Å². The Morgan fingerprint density at radius 2 is 1.73 bits per heavy atom. The molecule has 0 radical (unpaired) electrons. The topological polar surface area (TPSA) is 83.5 Å². The molecular formula is C15H13NaO5S. The number of aliphatic carboxylic acids is 1. The number of carboxylic acid groups (broad SMARTS) is 1. The predicted molar refractivity (Wildman–Crippen MR) is 74.3 cm³/mol. The van der Waals surface area contributed by atoms with Crippen molar-refractivity contribution in [2.45, 2.75) is 11.5 Å². The predicted octanol–water partition coefficient (Wildman–Crippen LogP) is -2.21. The van der Waals surface area contributed by atoms with Crippen molar-refractivity contribution in [1.29, 1.82) is 0 Å². The first-order valence-electron chi connectivity index (χ1n) is 6.17. The van der Waals surface area contributed by atoms with Gasteiger partial charge in [0.05, 0.1) is 16.6 Å². The molecule has 0 amide bonds. The summed E-state index contributed by atoms with van der Waals surface area (Å²) >= 11 is 0. The van der Waals surface area contributed by atoms with Gasteiger partial charge in [-0.15, -0.1) is 0 Å². The Morgan fingerprint density at radius 1 is 1.05 bits per heavy atom. The van der Waals surface area contributed by atoms with E-state index in [2.05, 4.69) is 0 Å². The standard InChI is InChI=1S/C15H14O5S.Na/c16-15(17)11-21(18,19)14-8-4-5-12(9-14)10-20-13-6-2-1-3-7-13;/h1-9H,10-11H2,(H,16,17);/q;+1/p-1. The Labute approximate surface area is 151 Å². The maximum absolute atomic E-state index is 11.8. The van der Waals surface area contributed by atoms with Crippen molar-refractivity contribution >= 4 is 15.8 Å². The molecule has 0 aliphatic carbocycles. The van der Waals surface area contributed by atoms with E-state index >= 15 is 0 Å². The second-order valence-electron chi connectivity index (χ2n) is 4.38. The van der Waals surface area contributed by atoms with Crippen LogP contribution in [-0.4, -0.2) is 20.1 Å². The fourth-order valence-corrected chi connectivity index (χ4v) is 2.84. The molecule has 0 N–H and O–H groups in total. The maximum atomic E-state index is 11.8. The van der Waals surface area contributed by atoms with Crippen LogP contribution in [0.5, 0.6) is 5.75 Å². The molecule has 22 heavy (non-hydrogen) atoms. The first-order valence-corrected chi connectivity index (χ1v) is 7.82. The second-order valence-corrected chi connectivity index (χ2v) is 6.37. The molecule has 0 saturated carbocycles. The molecule has 110 valence electrons. The average Bonchev–Trinajstić information content (AvgIpc) is 2.45. The van der Waals surface area contributed by atoms with Crippen molar-refractivity contribution in [1.82, 2.24) is 0 Å². The number of rotatable bonds is 6. The van der Waals surface area contributed by atoms with Gasteiger partial charge in [0.15, 0.2) is 9.84 Å². The average molecular weight is 328 g/mol. The van der Waals surface area contributed by atoms with Gasteiger partial charge in [0, 0.05) is 0 Å². The molecular weight excluding hydrogens is 315 g/mol. The smallest absolute Gasteiger partial charge is 0.549 e. The number of para-hydroxylation sites is 1. The molecule has 2 rings (SSSR count). The Balaban J connectivity index is 0.00000242. The van der Waals surface area contributed by atoms with E-state index < -0.39 is 21.6 Å². The Hall–Kier alpha value is -1.34. The number of ether oxygens (including phenoxy) is 1. The van der Waals surface area contributed by atoms with Crippen molar-refractivity contribution in [2.24, 2.45) is 0 Å². The van der Waals surface area contributed by atoms with Crippen LogP contribution >= 0.6 is 0 Å². The summed E-state index contributed by atoms with van der Waals surface area (Å²) in [6.07, 6.45) is 0. The number of carbonyl (C=O) groups is 1. The zero-order valence-corrected chi connectivity index (χ0v) is 14.9. The van der Waals surface area contributed by atoms with E-state index in [1.54, 1.807) is 24.3 Å². The molecule has 0 aliphatic heterocycles. The number of hydrogen-bond acceptors (Lipinski definition) is 5. The Kier molecular flexibility index (Phi) is 7.09. The van der Waals surface area contributed by atoms with Gasteiger partial charge in [-0.25, -0.2) is 8.42 Å². The van der Waals surface area contributed by atoms with E-state index in [1.807, 2.05) is 18.2 Å². The van der Waals surface area contributed by atoms with E-state index in [-0.39, 0.29) is 41.1 Å². The van der Waals surface area contributed by atoms with E-state index in [1.165, 1.54) is 12.1 Å². The SMILES string of the molecule is O=C([O-])CS(=O)(=O)c1cccc(COc2ccccc2)c1.[Na+]. The number of carboxylic acids is 1. The van der Waals surface area contributed by atoms with E-state index in [4.69, 9.17) is 4.74 Å². The molecule has 0 bridgehead atoms. The van der Waals surface area contributed by atoms with Crippen LogP contribution < -0.4 is 39.4 Å². The minimum atomic E-state index is -3.88. The third-order valence-corrected chi connectivity index (χ3v) is 4.30. The summed E-state index contributed by atoms with van der Waals surface area (Å²) in [6.45, 7) is 0.193. The number of hydrogen-bond donors (Lipinski definition) is 0. The summed E-state index contributed by atoms with van der Waals surface area (Å²) in [4.78, 5) is 10.4. The van der Waals surface area contributed by atoms with Gasteiger partial charge in [-0.1, -0.05) is 30.3 Å². The van der Waals surface area contributed by atoms with Crippen LogP contribution in [0, 0.1) is 0 Å². The van der Waals surface area contributed by atoms with Crippen molar-refractivity contribution in [3.05, 3.63) is 60.2 Å². The van der Waals surface area contributed by atoms with E-state index in [0.29, 0.717) is 11.3 Å². The van der Waals surface area contributed by atoms with Gasteiger partial charge in [0.2, 0.25) is 0 Å². The molecule has 0 heterocycles. The largest absolute Gasteiger partial charge is 1.00 e. The van der Waals surface area contributed by atoms with Gasteiger partial charge in [0.1, 0.15) is 12.4 Å². The molecule has 0 fully saturated rings. The molecule has 0 atom stereocenters. The van der Waals surface area contributed by atoms with Crippen molar-refractivity contribution < 1.29 is 52.6 Å². The zero-order chi connectivity index (χ0) is 15.3. The van der Waals surface area contributed by atoms with Gasteiger partial charge in [-0.2, -0.15) is 0 Å². The van der Waals surface area contributed by atoms with Crippen LogP contribution in [0.3, 0.4) is 0 Å². The second kappa shape index (κ2) is 8.33. The zero-order valence-electron chi connectivity index (χ0n) is 12.1. The van der Waals surface area contributed by atoms with Gasteiger partial charge in [-0.05, 0) is 29.8 Å². The molecule has 7 heteroatoms. The van der Waals surface area contributed by atoms with Crippen LogP contribution in [0.15, 0.2) is 59.5 Å². The molecule has 0 spiro atoms. The summed E-state index contributed by atoms with van der Waals surface area (Å²) < 4.78 is 29.1. The van der Waals surface area contributed by atoms with Gasteiger partial charge >= 0.3 is 29.6 Å². The van der Waals surface area contributed by atoms with Crippen molar-refractivity contribution in [3.63, 3.8) is 0 Å². The van der Waals surface area contributed by atoms with E-state index in [9.17, 15) is 18.3 Å². The van der Waals surface area contributed by atoms with Crippen LogP contribution in [0.2, 0.25) is 0 Å². The molecule has 0 unspecified atom stereocenters. The summed E-state index contributed by atoms with van der Waals surface area (Å²) in [5.41, 5.74) is 0.637. The first kappa shape index (κ1) is 18.7. The first-order chi connectivity index (χ1) is 9.97. The summed E-state index contributed by atoms with van der Waals surface area (Å²) in [6, 6.07) is 15.1. The van der Waals surface area contributed by atoms with E-state index in [0.717, 1.165) is 0 Å². The summed E-state index contributed by atoms with van der Waals surface area (Å²) in [5.74, 6) is -1.99. The minimum Gasteiger partial charge on any atom is -0.549 e. The number of sulfone groups is 1. The summed E-state index contributed by atoms with van der Waals surface area (Å²) in [7, 11) is -3.88. The fraction of sp³-hybridized carbons (Fsp3) is 0.133. The maximum Gasteiger partial charge on any atom is 1.00 e. The number of carbonyl (C=O) groups excluding carboxylic acids is 1. The van der Waals surface area contributed by atoms with Gasteiger partial charge in [-0.3, -0.25) is 0 Å². The van der Waals surface area contributed by atoms with Gasteiger partial charge in [0.25, 0.3) is 0 Å². The monoisotopic (exact) mass is 328 g/mol. The van der Waals surface area contributed by atoms with Crippen LogP contribution in [0.1, 0.15) is 5.56 Å².